The van der Waals surface area contributed by atoms with Crippen LogP contribution in [-0.4, -0.2) is 34.7 Å². The minimum Gasteiger partial charge on any atom is -0.379 e. The predicted octanol–water partition coefficient (Wildman–Crippen LogP) is 1.03. The number of carbonyl (C=O) groups is 1. The highest BCUT2D eigenvalue weighted by Gasteiger charge is 2.19. The SMILES string of the molecule is CN(CCc1cccs1)C(=O)c1nonc1N. The van der Waals surface area contributed by atoms with Crippen molar-refractivity contribution < 1.29 is 9.42 Å². The number of nitrogens with two attached hydrogens (primary N) is 1. The molecular weight excluding hydrogens is 240 g/mol. The van der Waals surface area contributed by atoms with Crippen LogP contribution < -0.4 is 5.73 Å². The summed E-state index contributed by atoms with van der Waals surface area (Å²) in [5.74, 6) is -0.252. The number of likely N-dealkylation sites (N-methyl/N-ethyl adjacent to an activating group) is 1. The molecule has 0 saturated heterocycles. The van der Waals surface area contributed by atoms with Gasteiger partial charge in [-0.25, -0.2) is 4.63 Å². The number of aromatic nitrogens is 2. The first-order valence-corrected chi connectivity index (χ1v) is 5.92. The van der Waals surface area contributed by atoms with Crippen LogP contribution in [0.1, 0.15) is 15.4 Å². The molecule has 0 saturated carbocycles. The lowest BCUT2D eigenvalue weighted by Gasteiger charge is -2.14. The minimum atomic E-state index is -0.277. The molecule has 0 spiro atoms. The van der Waals surface area contributed by atoms with Gasteiger partial charge in [-0.3, -0.25) is 4.79 Å². The van der Waals surface area contributed by atoms with E-state index in [1.165, 1.54) is 4.88 Å². The molecular formula is C10H12N4O2S. The lowest BCUT2D eigenvalue weighted by Crippen LogP contribution is -2.29. The zero-order valence-electron chi connectivity index (χ0n) is 9.29. The van der Waals surface area contributed by atoms with E-state index in [1.54, 1.807) is 23.3 Å². The Balaban J connectivity index is 1.94. The number of nitrogen functional groups attached to an aromatic ring is 1. The fraction of sp³-hybridized carbons (Fsp3) is 0.300. The molecule has 2 heterocycles. The van der Waals surface area contributed by atoms with Crippen molar-refractivity contribution in [2.45, 2.75) is 6.42 Å². The van der Waals surface area contributed by atoms with Crippen molar-refractivity contribution in [1.82, 2.24) is 15.2 Å². The molecule has 0 radical (unpaired) electrons. The summed E-state index contributed by atoms with van der Waals surface area (Å²) in [5.41, 5.74) is 5.53. The third-order valence-electron chi connectivity index (χ3n) is 2.34. The summed E-state index contributed by atoms with van der Waals surface area (Å²) in [6, 6.07) is 4.02. The average Bonchev–Trinajstić information content (AvgIpc) is 2.95. The Bertz CT molecular complexity index is 494. The first kappa shape index (κ1) is 11.6. The van der Waals surface area contributed by atoms with E-state index in [-0.39, 0.29) is 17.4 Å². The van der Waals surface area contributed by atoms with Gasteiger partial charge in [0.15, 0.2) is 0 Å². The molecule has 1 amide bonds. The molecule has 2 rings (SSSR count). The molecule has 90 valence electrons. The predicted molar refractivity (Wildman–Crippen MR) is 63.7 cm³/mol. The number of carbonyl (C=O) groups excluding carboxylic acids is 1. The molecule has 17 heavy (non-hydrogen) atoms. The van der Waals surface area contributed by atoms with Gasteiger partial charge in [-0.2, -0.15) is 0 Å². The molecule has 2 N–H and O–H groups in total. The van der Waals surface area contributed by atoms with Gasteiger partial charge >= 0.3 is 0 Å². The van der Waals surface area contributed by atoms with Crippen LogP contribution in [0.3, 0.4) is 0 Å². The number of rotatable bonds is 4. The summed E-state index contributed by atoms with van der Waals surface area (Å²) in [6.07, 6.45) is 0.811. The van der Waals surface area contributed by atoms with E-state index in [9.17, 15) is 4.79 Å². The Kier molecular flexibility index (Phi) is 3.38. The highest BCUT2D eigenvalue weighted by Crippen LogP contribution is 2.11. The highest BCUT2D eigenvalue weighted by atomic mass is 32.1. The Morgan fingerprint density at radius 3 is 3.00 bits per heavy atom. The molecule has 0 bridgehead atoms. The molecule has 7 heteroatoms. The van der Waals surface area contributed by atoms with Crippen LogP contribution in [0.25, 0.3) is 0 Å². The molecule has 0 aliphatic carbocycles. The summed E-state index contributed by atoms with van der Waals surface area (Å²) < 4.78 is 4.40. The minimum absolute atomic E-state index is 0.0259. The van der Waals surface area contributed by atoms with E-state index >= 15 is 0 Å². The third kappa shape index (κ3) is 2.62. The molecule has 0 aromatic carbocycles. The van der Waals surface area contributed by atoms with E-state index < -0.39 is 0 Å². The fourth-order valence-electron chi connectivity index (χ4n) is 1.36. The van der Waals surface area contributed by atoms with Crippen LogP contribution >= 0.6 is 11.3 Å². The molecule has 2 aromatic rings. The van der Waals surface area contributed by atoms with Crippen molar-refractivity contribution >= 4 is 23.1 Å². The first-order valence-electron chi connectivity index (χ1n) is 5.04. The molecule has 0 aliphatic heterocycles. The third-order valence-corrected chi connectivity index (χ3v) is 3.27. The fourth-order valence-corrected chi connectivity index (χ4v) is 2.06. The van der Waals surface area contributed by atoms with Gasteiger partial charge in [-0.05, 0) is 28.2 Å². The maximum atomic E-state index is 11.9. The summed E-state index contributed by atoms with van der Waals surface area (Å²) in [7, 11) is 1.70. The zero-order valence-corrected chi connectivity index (χ0v) is 10.1. The van der Waals surface area contributed by atoms with Crippen LogP contribution in [0, 0.1) is 0 Å². The molecule has 0 atom stereocenters. The smallest absolute Gasteiger partial charge is 0.279 e. The molecule has 2 aromatic heterocycles. The summed E-state index contributed by atoms with van der Waals surface area (Å²) in [5, 5.41) is 8.87. The normalized spacial score (nSPS) is 10.4. The lowest BCUT2D eigenvalue weighted by atomic mass is 10.3. The van der Waals surface area contributed by atoms with E-state index in [1.807, 2.05) is 17.5 Å². The Labute approximate surface area is 102 Å². The summed E-state index contributed by atoms with van der Waals surface area (Å²) in [4.78, 5) is 14.7. The highest BCUT2D eigenvalue weighted by molar-refractivity contribution is 7.09. The Hall–Kier alpha value is -1.89. The van der Waals surface area contributed by atoms with Gasteiger partial charge in [0.1, 0.15) is 0 Å². The van der Waals surface area contributed by atoms with Crippen LogP contribution in [-0.2, 0) is 6.42 Å². The number of amides is 1. The van der Waals surface area contributed by atoms with Crippen LogP contribution in [0.5, 0.6) is 0 Å². The Morgan fingerprint density at radius 1 is 1.59 bits per heavy atom. The number of hydrogen-bond acceptors (Lipinski definition) is 6. The van der Waals surface area contributed by atoms with Crippen molar-refractivity contribution in [3.05, 3.63) is 28.1 Å². The van der Waals surface area contributed by atoms with Crippen molar-refractivity contribution in [1.29, 1.82) is 0 Å². The van der Waals surface area contributed by atoms with Crippen LogP contribution in [0.15, 0.2) is 22.1 Å². The quantitative estimate of drug-likeness (QED) is 0.878. The maximum absolute atomic E-state index is 11.9. The number of thiophene rings is 1. The standard InChI is InChI=1S/C10H12N4O2S/c1-14(5-4-7-3-2-6-17-7)10(15)8-9(11)13-16-12-8/h2-3,6H,4-5H2,1H3,(H2,11,13). The van der Waals surface area contributed by atoms with Crippen LogP contribution in [0.4, 0.5) is 5.82 Å². The molecule has 6 nitrogen and oxygen atoms in total. The summed E-state index contributed by atoms with van der Waals surface area (Å²) in [6.45, 7) is 0.603. The van der Waals surface area contributed by atoms with Gasteiger partial charge < -0.3 is 10.6 Å². The van der Waals surface area contributed by atoms with Gasteiger partial charge in [0.25, 0.3) is 5.91 Å². The van der Waals surface area contributed by atoms with Gasteiger partial charge in [-0.15, -0.1) is 11.3 Å². The van der Waals surface area contributed by atoms with Crippen molar-refractivity contribution in [3.8, 4) is 0 Å². The zero-order chi connectivity index (χ0) is 12.3. The number of anilines is 1. The second kappa shape index (κ2) is 4.96. The molecule has 0 fully saturated rings. The van der Waals surface area contributed by atoms with Gasteiger partial charge in [-0.1, -0.05) is 6.07 Å². The first-order chi connectivity index (χ1) is 8.18. The van der Waals surface area contributed by atoms with E-state index in [0.29, 0.717) is 6.54 Å². The second-order valence-electron chi connectivity index (χ2n) is 3.55. The van der Waals surface area contributed by atoms with E-state index in [2.05, 4.69) is 14.9 Å². The number of hydrogen-bond donors (Lipinski definition) is 1. The van der Waals surface area contributed by atoms with Gasteiger partial charge in [0, 0.05) is 18.5 Å². The average molecular weight is 252 g/mol. The number of nitrogens with zero attached hydrogens (tertiary/aromatic N) is 3. The van der Waals surface area contributed by atoms with Gasteiger partial charge in [0.2, 0.25) is 11.5 Å². The maximum Gasteiger partial charge on any atom is 0.279 e. The lowest BCUT2D eigenvalue weighted by molar-refractivity contribution is 0.0786. The Morgan fingerprint density at radius 2 is 2.41 bits per heavy atom. The van der Waals surface area contributed by atoms with Gasteiger partial charge in [0.05, 0.1) is 0 Å². The topological polar surface area (TPSA) is 85.2 Å². The van der Waals surface area contributed by atoms with Crippen molar-refractivity contribution in [2.75, 3.05) is 19.3 Å². The second-order valence-corrected chi connectivity index (χ2v) is 4.59. The monoisotopic (exact) mass is 252 g/mol. The van der Waals surface area contributed by atoms with E-state index in [0.717, 1.165) is 6.42 Å². The van der Waals surface area contributed by atoms with Crippen molar-refractivity contribution in [3.63, 3.8) is 0 Å². The molecule has 0 aliphatic rings. The largest absolute Gasteiger partial charge is 0.379 e. The van der Waals surface area contributed by atoms with Crippen LogP contribution in [0.2, 0.25) is 0 Å². The molecule has 0 unspecified atom stereocenters. The van der Waals surface area contributed by atoms with E-state index in [4.69, 9.17) is 5.73 Å². The van der Waals surface area contributed by atoms with Crippen molar-refractivity contribution in [2.24, 2.45) is 0 Å². The summed E-state index contributed by atoms with van der Waals surface area (Å²) >= 11 is 1.67.